The van der Waals surface area contributed by atoms with Gasteiger partial charge in [0.15, 0.2) is 11.5 Å². The van der Waals surface area contributed by atoms with Crippen molar-refractivity contribution in [3.05, 3.63) is 29.8 Å². The molecule has 0 radical (unpaired) electrons. The Morgan fingerprint density at radius 2 is 2.22 bits per heavy atom. The predicted molar refractivity (Wildman–Crippen MR) is 64.9 cm³/mol. The van der Waals surface area contributed by atoms with Crippen molar-refractivity contribution in [2.24, 2.45) is 0 Å². The van der Waals surface area contributed by atoms with Crippen molar-refractivity contribution in [1.82, 2.24) is 10.2 Å². The van der Waals surface area contributed by atoms with E-state index in [0.717, 1.165) is 0 Å². The quantitative estimate of drug-likeness (QED) is 0.884. The van der Waals surface area contributed by atoms with Crippen LogP contribution in [0.3, 0.4) is 0 Å². The topological polar surface area (TPSA) is 73.3 Å². The van der Waals surface area contributed by atoms with E-state index in [4.69, 9.17) is 9.47 Å². The first-order chi connectivity index (χ1) is 8.83. The predicted octanol–water partition coefficient (Wildman–Crippen LogP) is 1.32. The van der Waals surface area contributed by atoms with Gasteiger partial charge in [-0.1, -0.05) is 23.5 Å². The second kappa shape index (κ2) is 4.61. The molecule has 0 bridgehead atoms. The summed E-state index contributed by atoms with van der Waals surface area (Å²) in [6.07, 6.45) is -0.677. The highest BCUT2D eigenvalue weighted by Gasteiger charge is 2.27. The van der Waals surface area contributed by atoms with Gasteiger partial charge in [-0.25, -0.2) is 0 Å². The number of nitrogens with zero attached hydrogens (tertiary/aromatic N) is 2. The van der Waals surface area contributed by atoms with E-state index in [2.05, 4.69) is 15.5 Å². The molecule has 6 nitrogen and oxygen atoms in total. The lowest BCUT2D eigenvalue weighted by Crippen LogP contribution is -2.40. The lowest BCUT2D eigenvalue weighted by atomic mass is 10.2. The van der Waals surface area contributed by atoms with Crippen LogP contribution in [0.5, 0.6) is 11.5 Å². The maximum Gasteiger partial charge on any atom is 0.270 e. The minimum Gasteiger partial charge on any atom is -0.485 e. The third-order valence-electron chi connectivity index (χ3n) is 2.39. The van der Waals surface area contributed by atoms with Crippen molar-refractivity contribution < 1.29 is 14.3 Å². The minimum atomic E-state index is -0.677. The summed E-state index contributed by atoms with van der Waals surface area (Å²) in [5, 5.41) is 10.4. The first kappa shape index (κ1) is 11.0. The summed E-state index contributed by atoms with van der Waals surface area (Å²) in [6.45, 7) is 0.182. The Hall–Kier alpha value is -2.15. The molecule has 1 N–H and O–H groups in total. The Morgan fingerprint density at radius 3 is 3.00 bits per heavy atom. The van der Waals surface area contributed by atoms with E-state index in [-0.39, 0.29) is 12.5 Å². The van der Waals surface area contributed by atoms with E-state index in [1.54, 1.807) is 17.6 Å². The highest BCUT2D eigenvalue weighted by Crippen LogP contribution is 2.31. The molecule has 0 fully saturated rings. The number of carbonyl (C=O) groups is 1. The molecule has 2 aromatic rings. The fraction of sp³-hybridized carbons (Fsp3) is 0.182. The number of amides is 1. The third kappa shape index (κ3) is 2.12. The van der Waals surface area contributed by atoms with Crippen molar-refractivity contribution in [3.8, 4) is 11.5 Å². The van der Waals surface area contributed by atoms with Gasteiger partial charge < -0.3 is 9.47 Å². The zero-order chi connectivity index (χ0) is 12.4. The second-order valence-corrected chi connectivity index (χ2v) is 4.43. The average molecular weight is 263 g/mol. The largest absolute Gasteiger partial charge is 0.485 e. The van der Waals surface area contributed by atoms with Gasteiger partial charge >= 0.3 is 0 Å². The number of ether oxygens (including phenoxy) is 2. The number of aromatic nitrogens is 2. The number of benzene rings is 1. The van der Waals surface area contributed by atoms with Gasteiger partial charge in [0.05, 0.1) is 0 Å². The third-order valence-corrected chi connectivity index (χ3v) is 3.00. The molecule has 92 valence electrons. The van der Waals surface area contributed by atoms with Crippen LogP contribution in [0.4, 0.5) is 5.13 Å². The lowest BCUT2D eigenvalue weighted by Gasteiger charge is -2.25. The first-order valence-corrected chi connectivity index (χ1v) is 6.16. The van der Waals surface area contributed by atoms with Crippen LogP contribution in [0.1, 0.15) is 0 Å². The highest BCUT2D eigenvalue weighted by molar-refractivity contribution is 7.13. The average Bonchev–Trinajstić information content (AvgIpc) is 2.91. The van der Waals surface area contributed by atoms with Crippen LogP contribution in [0.15, 0.2) is 29.8 Å². The Bertz CT molecular complexity index is 558. The second-order valence-electron chi connectivity index (χ2n) is 3.60. The monoisotopic (exact) mass is 263 g/mol. The summed E-state index contributed by atoms with van der Waals surface area (Å²) >= 11 is 1.25. The van der Waals surface area contributed by atoms with E-state index >= 15 is 0 Å². The summed E-state index contributed by atoms with van der Waals surface area (Å²) in [6, 6.07) is 7.24. The summed E-state index contributed by atoms with van der Waals surface area (Å²) < 4.78 is 11.0. The van der Waals surface area contributed by atoms with Gasteiger partial charge in [-0.15, -0.1) is 10.2 Å². The van der Waals surface area contributed by atoms with Gasteiger partial charge in [0.25, 0.3) is 5.91 Å². The molecule has 2 heterocycles. The summed E-state index contributed by atoms with van der Waals surface area (Å²) in [5.41, 5.74) is 1.54. The molecule has 0 saturated heterocycles. The van der Waals surface area contributed by atoms with Crippen LogP contribution in [-0.2, 0) is 4.79 Å². The Balaban J connectivity index is 1.70. The summed E-state index contributed by atoms with van der Waals surface area (Å²) in [4.78, 5) is 11.9. The van der Waals surface area contributed by atoms with Crippen LogP contribution >= 0.6 is 11.3 Å². The number of nitrogens with one attached hydrogen (secondary N) is 1. The fourth-order valence-electron chi connectivity index (χ4n) is 1.56. The molecular formula is C11H9N3O3S. The number of carbonyl (C=O) groups excluding carboxylic acids is 1. The standard InChI is InChI=1S/C11H9N3O3S/c15-10(13-11-14-12-6-18-11)9-5-16-7-3-1-2-4-8(7)17-9/h1-4,6,9H,5H2,(H,13,14,15)/t9-/m1/s1. The van der Waals surface area contributed by atoms with Crippen LogP contribution in [-0.4, -0.2) is 28.8 Å². The molecule has 7 heteroatoms. The van der Waals surface area contributed by atoms with Gasteiger partial charge in [-0.3, -0.25) is 10.1 Å². The van der Waals surface area contributed by atoms with Crippen molar-refractivity contribution in [3.63, 3.8) is 0 Å². The van der Waals surface area contributed by atoms with E-state index < -0.39 is 6.10 Å². The molecule has 3 rings (SSSR count). The highest BCUT2D eigenvalue weighted by atomic mass is 32.1. The van der Waals surface area contributed by atoms with E-state index in [1.807, 2.05) is 12.1 Å². The molecule has 1 aliphatic rings. The van der Waals surface area contributed by atoms with Crippen molar-refractivity contribution in [2.45, 2.75) is 6.10 Å². The summed E-state index contributed by atoms with van der Waals surface area (Å²) in [7, 11) is 0. The molecule has 0 spiro atoms. The molecule has 1 atom stereocenters. The van der Waals surface area contributed by atoms with Gasteiger partial charge in [-0.05, 0) is 12.1 Å². The number of para-hydroxylation sites is 2. The first-order valence-electron chi connectivity index (χ1n) is 5.28. The molecule has 1 amide bonds. The molecule has 1 aromatic heterocycles. The van der Waals surface area contributed by atoms with E-state index in [9.17, 15) is 4.79 Å². The molecule has 0 unspecified atom stereocenters. The maximum atomic E-state index is 11.9. The minimum absolute atomic E-state index is 0.182. The van der Waals surface area contributed by atoms with Gasteiger partial charge in [0.1, 0.15) is 12.1 Å². The Morgan fingerprint density at radius 1 is 1.39 bits per heavy atom. The molecule has 0 aliphatic carbocycles. The normalized spacial score (nSPS) is 17.2. The maximum absolute atomic E-state index is 11.9. The molecule has 1 aliphatic heterocycles. The number of hydrogen-bond acceptors (Lipinski definition) is 6. The SMILES string of the molecule is O=C(Nc1nncs1)[C@H]1COc2ccccc2O1. The molecule has 18 heavy (non-hydrogen) atoms. The van der Waals surface area contributed by atoms with Gasteiger partial charge in [-0.2, -0.15) is 0 Å². The molecule has 1 aromatic carbocycles. The lowest BCUT2D eigenvalue weighted by molar-refractivity contribution is -0.125. The number of anilines is 1. The molecular weight excluding hydrogens is 254 g/mol. The zero-order valence-electron chi connectivity index (χ0n) is 9.20. The zero-order valence-corrected chi connectivity index (χ0v) is 10.0. The molecule has 0 saturated carbocycles. The van der Waals surface area contributed by atoms with E-state index in [0.29, 0.717) is 16.6 Å². The van der Waals surface area contributed by atoms with Crippen molar-refractivity contribution in [2.75, 3.05) is 11.9 Å². The number of hydrogen-bond donors (Lipinski definition) is 1. The smallest absolute Gasteiger partial charge is 0.270 e. The number of fused-ring (bicyclic) bond motifs is 1. The Kier molecular flexibility index (Phi) is 2.81. The van der Waals surface area contributed by atoms with Crippen LogP contribution in [0.2, 0.25) is 0 Å². The van der Waals surface area contributed by atoms with E-state index in [1.165, 1.54) is 11.3 Å². The summed E-state index contributed by atoms with van der Waals surface area (Å²) in [5.74, 6) is 0.930. The van der Waals surface area contributed by atoms with Gasteiger partial charge in [0, 0.05) is 0 Å². The van der Waals surface area contributed by atoms with Crippen molar-refractivity contribution in [1.29, 1.82) is 0 Å². The Labute approximate surface area is 107 Å². The van der Waals surface area contributed by atoms with Crippen LogP contribution < -0.4 is 14.8 Å². The van der Waals surface area contributed by atoms with Crippen LogP contribution in [0.25, 0.3) is 0 Å². The fourth-order valence-corrected chi connectivity index (χ4v) is 2.01. The van der Waals surface area contributed by atoms with Crippen LogP contribution in [0, 0.1) is 0 Å². The van der Waals surface area contributed by atoms with Crippen molar-refractivity contribution >= 4 is 22.4 Å². The number of rotatable bonds is 2. The van der Waals surface area contributed by atoms with Gasteiger partial charge in [0.2, 0.25) is 11.2 Å².